The summed E-state index contributed by atoms with van der Waals surface area (Å²) in [5.41, 5.74) is 3.45. The lowest BCUT2D eigenvalue weighted by Crippen LogP contribution is -2.54. The van der Waals surface area contributed by atoms with Gasteiger partial charge in [0.15, 0.2) is 0 Å². The molecule has 2 aliphatic rings. The van der Waals surface area contributed by atoms with Crippen molar-refractivity contribution in [3.8, 4) is 0 Å². The standard InChI is InChI=1S/C28H36N2O4/c1-27(2,3)34-26(32)29-24(20-33-19-21-9-5-4-6-10-21)25(31)30-17-15-28(16-18-30)14-13-22-11-7-8-12-23(22)28/h4-12,24H,13-20H2,1-3H3,(H,29,32)/t24-/m1/s1. The first kappa shape index (κ1) is 24.3. The van der Waals surface area contributed by atoms with Gasteiger partial charge in [-0.05, 0) is 68.6 Å². The van der Waals surface area contributed by atoms with Crippen LogP contribution in [0.4, 0.5) is 4.79 Å². The van der Waals surface area contributed by atoms with Crippen molar-refractivity contribution in [2.75, 3.05) is 19.7 Å². The number of fused-ring (bicyclic) bond motifs is 2. The van der Waals surface area contributed by atoms with E-state index in [2.05, 4.69) is 29.6 Å². The van der Waals surface area contributed by atoms with Gasteiger partial charge in [-0.2, -0.15) is 0 Å². The number of aryl methyl sites for hydroxylation is 1. The lowest BCUT2D eigenvalue weighted by Gasteiger charge is -2.41. The summed E-state index contributed by atoms with van der Waals surface area (Å²) >= 11 is 0. The first-order valence-electron chi connectivity index (χ1n) is 12.2. The Morgan fingerprint density at radius 3 is 2.38 bits per heavy atom. The van der Waals surface area contributed by atoms with Crippen molar-refractivity contribution in [1.82, 2.24) is 10.2 Å². The van der Waals surface area contributed by atoms with Crippen LogP contribution < -0.4 is 5.32 Å². The quantitative estimate of drug-likeness (QED) is 0.678. The van der Waals surface area contributed by atoms with E-state index in [1.807, 2.05) is 35.2 Å². The Balaban J connectivity index is 1.39. The minimum Gasteiger partial charge on any atom is -0.444 e. The van der Waals surface area contributed by atoms with Gasteiger partial charge in [0.1, 0.15) is 11.6 Å². The zero-order valence-electron chi connectivity index (χ0n) is 20.5. The van der Waals surface area contributed by atoms with Crippen LogP contribution in [-0.2, 0) is 32.7 Å². The molecule has 0 radical (unpaired) electrons. The Kier molecular flexibility index (Phi) is 7.27. The molecule has 0 saturated carbocycles. The molecule has 2 amide bonds. The molecule has 0 bridgehead atoms. The number of piperidine rings is 1. The Hall–Kier alpha value is -2.86. The van der Waals surface area contributed by atoms with E-state index < -0.39 is 17.7 Å². The summed E-state index contributed by atoms with van der Waals surface area (Å²) in [4.78, 5) is 27.8. The summed E-state index contributed by atoms with van der Waals surface area (Å²) < 4.78 is 11.3. The smallest absolute Gasteiger partial charge is 0.408 e. The maximum atomic E-state index is 13.5. The second-order valence-corrected chi connectivity index (χ2v) is 10.5. The largest absolute Gasteiger partial charge is 0.444 e. The van der Waals surface area contributed by atoms with E-state index in [4.69, 9.17) is 9.47 Å². The van der Waals surface area contributed by atoms with Crippen molar-refractivity contribution in [1.29, 1.82) is 0 Å². The summed E-state index contributed by atoms with van der Waals surface area (Å²) in [5, 5.41) is 2.76. The van der Waals surface area contributed by atoms with Gasteiger partial charge in [-0.15, -0.1) is 0 Å². The molecule has 2 aromatic rings. The maximum absolute atomic E-state index is 13.5. The van der Waals surface area contributed by atoms with Gasteiger partial charge in [-0.25, -0.2) is 4.79 Å². The monoisotopic (exact) mass is 464 g/mol. The number of likely N-dealkylation sites (tertiary alicyclic amines) is 1. The van der Waals surface area contributed by atoms with Gasteiger partial charge < -0.3 is 19.7 Å². The fourth-order valence-corrected chi connectivity index (χ4v) is 5.15. The van der Waals surface area contributed by atoms with Crippen LogP contribution >= 0.6 is 0 Å². The number of ether oxygens (including phenoxy) is 2. The zero-order valence-corrected chi connectivity index (χ0v) is 20.5. The highest BCUT2D eigenvalue weighted by Gasteiger charge is 2.42. The van der Waals surface area contributed by atoms with Crippen LogP contribution in [0.5, 0.6) is 0 Å². The predicted octanol–water partition coefficient (Wildman–Crippen LogP) is 4.60. The van der Waals surface area contributed by atoms with E-state index in [1.54, 1.807) is 20.8 Å². The van der Waals surface area contributed by atoms with E-state index in [9.17, 15) is 9.59 Å². The summed E-state index contributed by atoms with van der Waals surface area (Å²) in [6.07, 6.45) is 3.54. The van der Waals surface area contributed by atoms with Crippen LogP contribution in [0.2, 0.25) is 0 Å². The molecule has 1 aliphatic heterocycles. The van der Waals surface area contributed by atoms with Crippen LogP contribution in [0.1, 0.15) is 56.7 Å². The first-order valence-corrected chi connectivity index (χ1v) is 12.2. The van der Waals surface area contributed by atoms with Crippen LogP contribution in [0.15, 0.2) is 54.6 Å². The van der Waals surface area contributed by atoms with Crippen molar-refractivity contribution in [3.63, 3.8) is 0 Å². The van der Waals surface area contributed by atoms with E-state index in [1.165, 1.54) is 11.1 Å². The SMILES string of the molecule is CC(C)(C)OC(=O)N[C@H](COCc1ccccc1)C(=O)N1CCC2(CCc3ccccc32)CC1. The molecule has 1 N–H and O–H groups in total. The van der Waals surface area contributed by atoms with Crippen LogP contribution in [-0.4, -0.2) is 48.2 Å². The Morgan fingerprint density at radius 2 is 1.68 bits per heavy atom. The topological polar surface area (TPSA) is 67.9 Å². The highest BCUT2D eigenvalue weighted by Crippen LogP contribution is 2.46. The molecule has 1 heterocycles. The summed E-state index contributed by atoms with van der Waals surface area (Å²) in [5.74, 6) is -0.111. The molecule has 1 spiro atoms. The molecular formula is C28H36N2O4. The number of hydrogen-bond donors (Lipinski definition) is 1. The van der Waals surface area contributed by atoms with E-state index in [0.29, 0.717) is 19.7 Å². The number of carbonyl (C=O) groups is 2. The average Bonchev–Trinajstić information content (AvgIpc) is 3.16. The molecule has 6 heteroatoms. The number of carbonyl (C=O) groups excluding carboxylic acids is 2. The Bertz CT molecular complexity index is 991. The molecule has 4 rings (SSSR count). The van der Waals surface area contributed by atoms with Crippen molar-refractivity contribution in [2.24, 2.45) is 0 Å². The van der Waals surface area contributed by atoms with Crippen LogP contribution in [0.3, 0.4) is 0 Å². The highest BCUT2D eigenvalue weighted by molar-refractivity contribution is 5.86. The minimum atomic E-state index is -0.788. The number of benzene rings is 2. The van der Waals surface area contributed by atoms with E-state index >= 15 is 0 Å². The zero-order chi connectivity index (χ0) is 24.2. The molecule has 6 nitrogen and oxygen atoms in total. The van der Waals surface area contributed by atoms with Gasteiger partial charge in [0, 0.05) is 13.1 Å². The van der Waals surface area contributed by atoms with Crippen molar-refractivity contribution in [3.05, 3.63) is 71.3 Å². The third kappa shape index (κ3) is 5.79. The van der Waals surface area contributed by atoms with E-state index in [-0.39, 0.29) is 17.9 Å². The molecule has 0 aromatic heterocycles. The second kappa shape index (κ2) is 10.2. The molecule has 1 saturated heterocycles. The molecule has 1 fully saturated rings. The number of alkyl carbamates (subject to hydrolysis) is 1. The summed E-state index contributed by atoms with van der Waals surface area (Å²) in [7, 11) is 0. The Morgan fingerprint density at radius 1 is 1.00 bits per heavy atom. The molecular weight excluding hydrogens is 428 g/mol. The van der Waals surface area contributed by atoms with Crippen LogP contribution in [0.25, 0.3) is 0 Å². The first-order chi connectivity index (χ1) is 16.3. The van der Waals surface area contributed by atoms with Crippen LogP contribution in [0, 0.1) is 0 Å². The highest BCUT2D eigenvalue weighted by atomic mass is 16.6. The van der Waals surface area contributed by atoms with Gasteiger partial charge in [0.25, 0.3) is 0 Å². The van der Waals surface area contributed by atoms with Crippen molar-refractivity contribution in [2.45, 2.75) is 70.1 Å². The molecule has 2 aromatic carbocycles. The normalized spacial score (nSPS) is 17.8. The lowest BCUT2D eigenvalue weighted by atomic mass is 9.74. The van der Waals surface area contributed by atoms with E-state index in [0.717, 1.165) is 31.2 Å². The van der Waals surface area contributed by atoms with Crippen molar-refractivity contribution < 1.29 is 19.1 Å². The third-order valence-corrected chi connectivity index (χ3v) is 6.88. The fraction of sp³-hybridized carbons (Fsp3) is 0.500. The number of hydrogen-bond acceptors (Lipinski definition) is 4. The Labute approximate surface area is 202 Å². The second-order valence-electron chi connectivity index (χ2n) is 10.5. The van der Waals surface area contributed by atoms with Gasteiger partial charge in [0.05, 0.1) is 13.2 Å². The number of amides is 2. The number of nitrogens with one attached hydrogen (secondary N) is 1. The average molecular weight is 465 g/mol. The van der Waals surface area contributed by atoms with Gasteiger partial charge in [-0.3, -0.25) is 4.79 Å². The summed E-state index contributed by atoms with van der Waals surface area (Å²) in [6.45, 7) is 7.24. The minimum absolute atomic E-state index is 0.0947. The molecule has 1 atom stereocenters. The van der Waals surface area contributed by atoms with Gasteiger partial charge in [-0.1, -0.05) is 54.6 Å². The molecule has 0 unspecified atom stereocenters. The molecule has 34 heavy (non-hydrogen) atoms. The van der Waals surface area contributed by atoms with Gasteiger partial charge >= 0.3 is 6.09 Å². The van der Waals surface area contributed by atoms with Gasteiger partial charge in [0.2, 0.25) is 5.91 Å². The molecule has 182 valence electrons. The number of rotatable bonds is 6. The van der Waals surface area contributed by atoms with Crippen molar-refractivity contribution >= 4 is 12.0 Å². The predicted molar refractivity (Wildman–Crippen MR) is 132 cm³/mol. The third-order valence-electron chi connectivity index (χ3n) is 6.88. The molecule has 1 aliphatic carbocycles. The fourth-order valence-electron chi connectivity index (χ4n) is 5.15. The lowest BCUT2D eigenvalue weighted by molar-refractivity contribution is -0.137. The number of nitrogens with zero attached hydrogens (tertiary/aromatic N) is 1. The summed E-state index contributed by atoms with van der Waals surface area (Å²) in [6, 6.07) is 17.7. The maximum Gasteiger partial charge on any atom is 0.408 e.